The van der Waals surface area contributed by atoms with Gasteiger partial charge in [-0.1, -0.05) is 17.7 Å². The molecule has 1 aromatic heterocycles. The number of benzene rings is 1. The van der Waals surface area contributed by atoms with E-state index in [1.807, 2.05) is 0 Å². The van der Waals surface area contributed by atoms with E-state index in [-0.39, 0.29) is 11.3 Å². The van der Waals surface area contributed by atoms with Gasteiger partial charge in [-0.25, -0.2) is 4.79 Å². The second kappa shape index (κ2) is 3.15. The molecule has 0 aliphatic carbocycles. The molecule has 5 heteroatoms. The Labute approximate surface area is 88.7 Å². The lowest BCUT2D eigenvalue weighted by molar-refractivity contribution is 0.0698. The van der Waals surface area contributed by atoms with Crippen LogP contribution >= 0.6 is 22.9 Å². The van der Waals surface area contributed by atoms with E-state index in [2.05, 4.69) is 0 Å². The van der Waals surface area contributed by atoms with Crippen LogP contribution in [0.5, 0.6) is 0 Å². The molecule has 0 radical (unpaired) electrons. The summed E-state index contributed by atoms with van der Waals surface area (Å²) in [4.78, 5) is 10.8. The number of rotatable bonds is 1. The second-order valence-electron chi connectivity index (χ2n) is 2.79. The summed E-state index contributed by atoms with van der Waals surface area (Å²) >= 11 is 7.24. The van der Waals surface area contributed by atoms with Crippen molar-refractivity contribution in [2.75, 3.05) is 5.73 Å². The number of carboxylic acids is 1. The third-order valence-electron chi connectivity index (χ3n) is 1.96. The molecule has 0 aliphatic heterocycles. The summed E-state index contributed by atoms with van der Waals surface area (Å²) in [6.45, 7) is 0. The van der Waals surface area contributed by atoms with Gasteiger partial charge in [0.1, 0.15) is 0 Å². The van der Waals surface area contributed by atoms with Crippen molar-refractivity contribution in [2.24, 2.45) is 0 Å². The maximum atomic E-state index is 10.8. The van der Waals surface area contributed by atoms with Crippen molar-refractivity contribution < 1.29 is 9.90 Å². The number of aromatic carboxylic acids is 1. The average molecular weight is 228 g/mol. The van der Waals surface area contributed by atoms with Crippen LogP contribution < -0.4 is 5.73 Å². The molecule has 3 nitrogen and oxygen atoms in total. The van der Waals surface area contributed by atoms with Crippen LogP contribution in [0.25, 0.3) is 10.1 Å². The van der Waals surface area contributed by atoms with Gasteiger partial charge in [0, 0.05) is 10.8 Å². The Hall–Kier alpha value is -1.26. The summed E-state index contributed by atoms with van der Waals surface area (Å²) in [6, 6.07) is 3.15. The van der Waals surface area contributed by atoms with Crippen molar-refractivity contribution in [3.8, 4) is 0 Å². The van der Waals surface area contributed by atoms with Gasteiger partial charge in [0.15, 0.2) is 0 Å². The number of thiophene rings is 1. The van der Waals surface area contributed by atoms with Crippen LogP contribution in [0.1, 0.15) is 10.4 Å². The number of halogens is 1. The third-order valence-corrected chi connectivity index (χ3v) is 3.44. The minimum Gasteiger partial charge on any atom is -0.478 e. The molecule has 1 aromatic carbocycles. The molecule has 0 saturated carbocycles. The first-order valence-electron chi connectivity index (χ1n) is 3.79. The molecule has 0 amide bonds. The van der Waals surface area contributed by atoms with E-state index in [4.69, 9.17) is 22.4 Å². The molecule has 0 saturated heterocycles. The lowest BCUT2D eigenvalue weighted by Crippen LogP contribution is -2.01. The summed E-state index contributed by atoms with van der Waals surface area (Å²) in [5.41, 5.74) is 6.11. The van der Waals surface area contributed by atoms with Crippen molar-refractivity contribution >= 4 is 44.7 Å². The number of carboxylic acid groups (broad SMARTS) is 1. The minimum atomic E-state index is -1.02. The summed E-state index contributed by atoms with van der Waals surface area (Å²) in [7, 11) is 0. The van der Waals surface area contributed by atoms with Crippen molar-refractivity contribution in [3.05, 3.63) is 28.1 Å². The SMILES string of the molecule is Nc1c(C(=O)O)ccc2c(Cl)csc12. The van der Waals surface area contributed by atoms with Crippen molar-refractivity contribution in [1.29, 1.82) is 0 Å². The Balaban J connectivity index is 2.82. The number of carbonyl (C=O) groups is 1. The maximum absolute atomic E-state index is 10.8. The van der Waals surface area contributed by atoms with Crippen LogP contribution in [0.3, 0.4) is 0 Å². The van der Waals surface area contributed by atoms with Crippen LogP contribution in [0.15, 0.2) is 17.5 Å². The van der Waals surface area contributed by atoms with Gasteiger partial charge in [-0.05, 0) is 6.07 Å². The number of hydrogen-bond donors (Lipinski definition) is 2. The largest absolute Gasteiger partial charge is 0.478 e. The Morgan fingerprint density at radius 1 is 1.50 bits per heavy atom. The van der Waals surface area contributed by atoms with E-state index in [0.29, 0.717) is 5.02 Å². The summed E-state index contributed by atoms with van der Waals surface area (Å²) in [6.07, 6.45) is 0. The highest BCUT2D eigenvalue weighted by Crippen LogP contribution is 2.35. The zero-order valence-electron chi connectivity index (χ0n) is 6.95. The van der Waals surface area contributed by atoms with E-state index >= 15 is 0 Å². The van der Waals surface area contributed by atoms with E-state index in [9.17, 15) is 4.79 Å². The fourth-order valence-corrected chi connectivity index (χ4v) is 2.51. The molecule has 0 unspecified atom stereocenters. The normalized spacial score (nSPS) is 10.6. The van der Waals surface area contributed by atoms with Crippen LogP contribution in [-0.4, -0.2) is 11.1 Å². The molecular formula is C9H6ClNO2S. The van der Waals surface area contributed by atoms with E-state index in [1.54, 1.807) is 11.4 Å². The van der Waals surface area contributed by atoms with Crippen LogP contribution in [0.2, 0.25) is 5.02 Å². The maximum Gasteiger partial charge on any atom is 0.337 e. The molecule has 1 heterocycles. The molecule has 2 rings (SSSR count). The number of anilines is 1. The van der Waals surface area contributed by atoms with E-state index in [1.165, 1.54) is 17.4 Å². The molecule has 0 atom stereocenters. The zero-order chi connectivity index (χ0) is 10.3. The first-order valence-corrected chi connectivity index (χ1v) is 5.05. The highest BCUT2D eigenvalue weighted by atomic mass is 35.5. The fraction of sp³-hybridized carbons (Fsp3) is 0. The summed E-state index contributed by atoms with van der Waals surface area (Å²) < 4.78 is 0.731. The standard InChI is InChI=1S/C9H6ClNO2S/c10-6-3-14-8-4(6)1-2-5(7(8)11)9(12)13/h1-3H,11H2,(H,12,13). The summed E-state index contributed by atoms with van der Waals surface area (Å²) in [5, 5.41) is 12.0. The van der Waals surface area contributed by atoms with Gasteiger partial charge in [0.2, 0.25) is 0 Å². The topological polar surface area (TPSA) is 63.3 Å². The molecular weight excluding hydrogens is 222 g/mol. The number of hydrogen-bond acceptors (Lipinski definition) is 3. The van der Waals surface area contributed by atoms with Crippen molar-refractivity contribution in [1.82, 2.24) is 0 Å². The molecule has 3 N–H and O–H groups in total. The molecule has 0 bridgehead atoms. The molecule has 0 spiro atoms. The van der Waals surface area contributed by atoms with Gasteiger partial charge in [-0.3, -0.25) is 0 Å². The molecule has 72 valence electrons. The smallest absolute Gasteiger partial charge is 0.337 e. The second-order valence-corrected chi connectivity index (χ2v) is 4.08. The Morgan fingerprint density at radius 2 is 2.21 bits per heavy atom. The van der Waals surface area contributed by atoms with Crippen LogP contribution in [0, 0.1) is 0 Å². The predicted molar refractivity (Wildman–Crippen MR) is 58.2 cm³/mol. The Bertz CT molecular complexity index is 521. The monoisotopic (exact) mass is 227 g/mol. The van der Waals surface area contributed by atoms with Crippen LogP contribution in [-0.2, 0) is 0 Å². The predicted octanol–water partition coefficient (Wildman–Crippen LogP) is 2.84. The first kappa shape index (κ1) is 9.30. The quantitative estimate of drug-likeness (QED) is 0.737. The van der Waals surface area contributed by atoms with E-state index in [0.717, 1.165) is 10.1 Å². The summed E-state index contributed by atoms with van der Waals surface area (Å²) in [5.74, 6) is -1.02. The van der Waals surface area contributed by atoms with Gasteiger partial charge < -0.3 is 10.8 Å². The van der Waals surface area contributed by atoms with Crippen molar-refractivity contribution in [2.45, 2.75) is 0 Å². The molecule has 2 aromatic rings. The number of nitrogen functional groups attached to an aromatic ring is 1. The lowest BCUT2D eigenvalue weighted by Gasteiger charge is -2.01. The highest BCUT2D eigenvalue weighted by Gasteiger charge is 2.13. The first-order chi connectivity index (χ1) is 6.61. The van der Waals surface area contributed by atoms with Crippen molar-refractivity contribution in [3.63, 3.8) is 0 Å². The lowest BCUT2D eigenvalue weighted by atomic mass is 10.1. The van der Waals surface area contributed by atoms with E-state index < -0.39 is 5.97 Å². The zero-order valence-corrected chi connectivity index (χ0v) is 8.52. The average Bonchev–Trinajstić information content (AvgIpc) is 2.49. The van der Waals surface area contributed by atoms with Gasteiger partial charge >= 0.3 is 5.97 Å². The minimum absolute atomic E-state index is 0.121. The highest BCUT2D eigenvalue weighted by molar-refractivity contribution is 7.18. The van der Waals surface area contributed by atoms with Gasteiger partial charge in [-0.2, -0.15) is 0 Å². The Morgan fingerprint density at radius 3 is 2.86 bits per heavy atom. The van der Waals surface area contributed by atoms with Gasteiger partial charge in [0.25, 0.3) is 0 Å². The van der Waals surface area contributed by atoms with Gasteiger partial charge in [0.05, 0.1) is 21.0 Å². The van der Waals surface area contributed by atoms with Crippen LogP contribution in [0.4, 0.5) is 5.69 Å². The fourth-order valence-electron chi connectivity index (χ4n) is 1.28. The Kier molecular flexibility index (Phi) is 2.09. The molecule has 0 aliphatic rings. The number of nitrogens with two attached hydrogens (primary N) is 1. The molecule has 0 fully saturated rings. The molecule has 14 heavy (non-hydrogen) atoms. The van der Waals surface area contributed by atoms with Gasteiger partial charge in [-0.15, -0.1) is 11.3 Å². The third kappa shape index (κ3) is 1.23. The number of fused-ring (bicyclic) bond motifs is 1.